The van der Waals surface area contributed by atoms with Gasteiger partial charge < -0.3 is 15.0 Å². The number of ether oxygens (including phenoxy) is 1. The molecule has 1 aliphatic rings. The fraction of sp³-hybridized carbons (Fsp3) is 0.727. The maximum absolute atomic E-state index is 5.75. The second-order valence-electron chi connectivity index (χ2n) is 4.47. The molecule has 1 aromatic heterocycles. The highest BCUT2D eigenvalue weighted by atomic mass is 16.5. The number of nitrogen functional groups attached to an aromatic ring is 1. The average molecular weight is 224 g/mol. The smallest absolute Gasteiger partial charge is 0.141 e. The third-order valence-corrected chi connectivity index (χ3v) is 2.85. The fourth-order valence-corrected chi connectivity index (χ4v) is 1.98. The van der Waals surface area contributed by atoms with Crippen LogP contribution in [0.2, 0.25) is 0 Å². The van der Waals surface area contributed by atoms with Crippen LogP contribution in [0.3, 0.4) is 0 Å². The zero-order chi connectivity index (χ0) is 11.5. The Labute approximate surface area is 96.2 Å². The van der Waals surface area contributed by atoms with E-state index in [1.54, 1.807) is 0 Å². The summed E-state index contributed by atoms with van der Waals surface area (Å²) in [5.41, 5.74) is 5.75. The lowest BCUT2D eigenvalue weighted by atomic mass is 10.3. The van der Waals surface area contributed by atoms with Crippen LogP contribution >= 0.6 is 0 Å². The summed E-state index contributed by atoms with van der Waals surface area (Å²) in [5.74, 6) is 1.66. The van der Waals surface area contributed by atoms with Crippen molar-refractivity contribution in [1.29, 1.82) is 0 Å². The molecule has 5 heteroatoms. The van der Waals surface area contributed by atoms with Gasteiger partial charge in [0.2, 0.25) is 0 Å². The van der Waals surface area contributed by atoms with Gasteiger partial charge in [0.15, 0.2) is 0 Å². The highest BCUT2D eigenvalue weighted by Crippen LogP contribution is 2.14. The Balaban J connectivity index is 2.07. The van der Waals surface area contributed by atoms with Crippen molar-refractivity contribution in [1.82, 2.24) is 14.5 Å². The van der Waals surface area contributed by atoms with E-state index in [1.807, 2.05) is 6.20 Å². The lowest BCUT2D eigenvalue weighted by Crippen LogP contribution is -2.36. The van der Waals surface area contributed by atoms with Crippen LogP contribution in [0, 0.1) is 0 Å². The molecular formula is C11H20N4O. The van der Waals surface area contributed by atoms with Gasteiger partial charge in [0.05, 0.1) is 19.8 Å². The van der Waals surface area contributed by atoms with Gasteiger partial charge in [-0.05, 0) is 13.8 Å². The molecule has 90 valence electrons. The molecule has 0 saturated carbocycles. The van der Waals surface area contributed by atoms with Gasteiger partial charge >= 0.3 is 0 Å². The topological polar surface area (TPSA) is 56.3 Å². The first-order valence-electron chi connectivity index (χ1n) is 5.80. The molecule has 5 nitrogen and oxygen atoms in total. The number of hydrogen-bond donors (Lipinski definition) is 1. The summed E-state index contributed by atoms with van der Waals surface area (Å²) in [5, 5.41) is 0. The molecule has 0 aromatic carbocycles. The maximum Gasteiger partial charge on any atom is 0.141 e. The largest absolute Gasteiger partial charge is 0.382 e. The van der Waals surface area contributed by atoms with Gasteiger partial charge in [0.25, 0.3) is 0 Å². The minimum atomic E-state index is 0.404. The predicted molar refractivity (Wildman–Crippen MR) is 63.1 cm³/mol. The molecule has 1 fully saturated rings. The van der Waals surface area contributed by atoms with E-state index in [-0.39, 0.29) is 0 Å². The molecule has 0 spiro atoms. The van der Waals surface area contributed by atoms with Crippen LogP contribution in [0.15, 0.2) is 6.20 Å². The first-order valence-corrected chi connectivity index (χ1v) is 5.80. The van der Waals surface area contributed by atoms with Crippen molar-refractivity contribution in [3.8, 4) is 0 Å². The van der Waals surface area contributed by atoms with E-state index in [9.17, 15) is 0 Å². The second kappa shape index (κ2) is 4.84. The number of anilines is 1. The third kappa shape index (κ3) is 2.54. The van der Waals surface area contributed by atoms with Gasteiger partial charge in [-0.25, -0.2) is 4.98 Å². The average Bonchev–Trinajstić information content (AvgIpc) is 2.61. The lowest BCUT2D eigenvalue weighted by molar-refractivity contribution is 0.0325. The van der Waals surface area contributed by atoms with Crippen molar-refractivity contribution >= 4 is 5.82 Å². The summed E-state index contributed by atoms with van der Waals surface area (Å²) < 4.78 is 7.47. The summed E-state index contributed by atoms with van der Waals surface area (Å²) in [4.78, 5) is 6.74. The lowest BCUT2D eigenvalue weighted by Gasteiger charge is -2.26. The summed E-state index contributed by atoms with van der Waals surface area (Å²) in [6, 6.07) is 0.404. The number of aromatic nitrogens is 2. The SMILES string of the molecule is CC(C)n1cc(N)nc1CN1CCOCC1. The summed E-state index contributed by atoms with van der Waals surface area (Å²) in [6.07, 6.45) is 1.92. The van der Waals surface area contributed by atoms with E-state index >= 15 is 0 Å². The quantitative estimate of drug-likeness (QED) is 0.828. The number of nitrogens with two attached hydrogens (primary N) is 1. The van der Waals surface area contributed by atoms with E-state index in [2.05, 4.69) is 28.3 Å². The van der Waals surface area contributed by atoms with E-state index in [4.69, 9.17) is 10.5 Å². The standard InChI is InChI=1S/C11H20N4O/c1-9(2)15-7-10(12)13-11(15)8-14-3-5-16-6-4-14/h7,9H,3-6,8,12H2,1-2H3. The van der Waals surface area contributed by atoms with Crippen molar-refractivity contribution in [3.05, 3.63) is 12.0 Å². The summed E-state index contributed by atoms with van der Waals surface area (Å²) in [7, 11) is 0. The Kier molecular flexibility index (Phi) is 3.46. The Morgan fingerprint density at radius 2 is 2.12 bits per heavy atom. The van der Waals surface area contributed by atoms with Crippen LogP contribution in [0.5, 0.6) is 0 Å². The van der Waals surface area contributed by atoms with Crippen molar-refractivity contribution in [2.45, 2.75) is 26.4 Å². The van der Waals surface area contributed by atoms with E-state index < -0.39 is 0 Å². The Hall–Kier alpha value is -1.07. The third-order valence-electron chi connectivity index (χ3n) is 2.85. The normalized spacial score (nSPS) is 18.2. The highest BCUT2D eigenvalue weighted by Gasteiger charge is 2.15. The highest BCUT2D eigenvalue weighted by molar-refractivity contribution is 5.26. The number of hydrogen-bond acceptors (Lipinski definition) is 4. The molecule has 1 aliphatic heterocycles. The molecule has 1 aromatic rings. The minimum absolute atomic E-state index is 0.404. The molecule has 2 heterocycles. The van der Waals surface area contributed by atoms with E-state index in [0.717, 1.165) is 38.7 Å². The molecule has 0 radical (unpaired) electrons. The van der Waals surface area contributed by atoms with Crippen LogP contribution in [0.1, 0.15) is 25.7 Å². The number of nitrogens with zero attached hydrogens (tertiary/aromatic N) is 3. The van der Waals surface area contributed by atoms with Crippen LogP contribution in [0.4, 0.5) is 5.82 Å². The predicted octanol–water partition coefficient (Wildman–Crippen LogP) is 0.878. The summed E-state index contributed by atoms with van der Waals surface area (Å²) >= 11 is 0. The Morgan fingerprint density at radius 1 is 1.44 bits per heavy atom. The fourth-order valence-electron chi connectivity index (χ4n) is 1.98. The molecule has 0 amide bonds. The van der Waals surface area contributed by atoms with Gasteiger partial charge in [-0.1, -0.05) is 0 Å². The minimum Gasteiger partial charge on any atom is -0.382 e. The van der Waals surface area contributed by atoms with Gasteiger partial charge in [-0.15, -0.1) is 0 Å². The molecule has 0 aliphatic carbocycles. The van der Waals surface area contributed by atoms with E-state index in [1.165, 1.54) is 0 Å². The van der Waals surface area contributed by atoms with Crippen LogP contribution in [-0.2, 0) is 11.3 Å². The molecule has 2 N–H and O–H groups in total. The van der Waals surface area contributed by atoms with Crippen LogP contribution in [-0.4, -0.2) is 40.8 Å². The molecule has 1 saturated heterocycles. The van der Waals surface area contributed by atoms with Gasteiger partial charge in [-0.3, -0.25) is 4.90 Å². The summed E-state index contributed by atoms with van der Waals surface area (Å²) in [6.45, 7) is 8.73. The first kappa shape index (κ1) is 11.4. The molecule has 2 rings (SSSR count). The van der Waals surface area contributed by atoms with Crippen molar-refractivity contribution in [2.75, 3.05) is 32.0 Å². The first-order chi connectivity index (χ1) is 7.66. The second-order valence-corrected chi connectivity index (χ2v) is 4.47. The number of imidazole rings is 1. The van der Waals surface area contributed by atoms with Crippen molar-refractivity contribution < 1.29 is 4.74 Å². The Morgan fingerprint density at radius 3 is 2.75 bits per heavy atom. The zero-order valence-corrected chi connectivity index (χ0v) is 10.0. The zero-order valence-electron chi connectivity index (χ0n) is 10.0. The molecule has 0 bridgehead atoms. The van der Waals surface area contributed by atoms with Gasteiger partial charge in [0, 0.05) is 25.3 Å². The maximum atomic E-state index is 5.75. The van der Waals surface area contributed by atoms with Crippen LogP contribution in [0.25, 0.3) is 0 Å². The molecule has 0 atom stereocenters. The Bertz CT molecular complexity index is 342. The van der Waals surface area contributed by atoms with Crippen LogP contribution < -0.4 is 5.73 Å². The molecule has 16 heavy (non-hydrogen) atoms. The van der Waals surface area contributed by atoms with Crippen molar-refractivity contribution in [3.63, 3.8) is 0 Å². The van der Waals surface area contributed by atoms with Gasteiger partial charge in [-0.2, -0.15) is 0 Å². The number of rotatable bonds is 3. The van der Waals surface area contributed by atoms with Gasteiger partial charge in [0.1, 0.15) is 11.6 Å². The molecular weight excluding hydrogens is 204 g/mol. The van der Waals surface area contributed by atoms with E-state index in [0.29, 0.717) is 11.9 Å². The monoisotopic (exact) mass is 224 g/mol. The van der Waals surface area contributed by atoms with Crippen molar-refractivity contribution in [2.24, 2.45) is 0 Å². The number of morpholine rings is 1. The molecule has 0 unspecified atom stereocenters.